The SMILES string of the molecule is Oc1cccc(C2CN=C(C3CCCN3)O2)c1. The van der Waals surface area contributed by atoms with Crippen LogP contribution >= 0.6 is 0 Å². The van der Waals surface area contributed by atoms with Crippen molar-refractivity contribution in [1.82, 2.24) is 5.32 Å². The Morgan fingerprint density at radius 1 is 1.41 bits per heavy atom. The first-order valence-electron chi connectivity index (χ1n) is 6.06. The van der Waals surface area contributed by atoms with E-state index in [1.54, 1.807) is 12.1 Å². The van der Waals surface area contributed by atoms with Gasteiger partial charge in [0.25, 0.3) is 0 Å². The van der Waals surface area contributed by atoms with E-state index >= 15 is 0 Å². The van der Waals surface area contributed by atoms with Gasteiger partial charge in [-0.1, -0.05) is 12.1 Å². The maximum atomic E-state index is 9.45. The maximum Gasteiger partial charge on any atom is 0.201 e. The molecule has 90 valence electrons. The number of hydrogen-bond acceptors (Lipinski definition) is 4. The van der Waals surface area contributed by atoms with E-state index in [4.69, 9.17) is 4.74 Å². The summed E-state index contributed by atoms with van der Waals surface area (Å²) in [7, 11) is 0. The molecule has 2 atom stereocenters. The third-order valence-corrected chi connectivity index (χ3v) is 3.28. The van der Waals surface area contributed by atoms with E-state index in [0.717, 1.165) is 24.4 Å². The van der Waals surface area contributed by atoms with Crippen LogP contribution in [0.2, 0.25) is 0 Å². The van der Waals surface area contributed by atoms with Gasteiger partial charge < -0.3 is 15.2 Å². The average Bonchev–Trinajstić information content (AvgIpc) is 3.00. The van der Waals surface area contributed by atoms with Gasteiger partial charge in [0.1, 0.15) is 11.9 Å². The van der Waals surface area contributed by atoms with E-state index in [9.17, 15) is 5.11 Å². The summed E-state index contributed by atoms with van der Waals surface area (Å²) < 4.78 is 5.86. The second-order valence-electron chi connectivity index (χ2n) is 4.53. The van der Waals surface area contributed by atoms with E-state index in [0.29, 0.717) is 6.54 Å². The molecule has 0 aliphatic carbocycles. The highest BCUT2D eigenvalue weighted by molar-refractivity contribution is 5.83. The molecule has 0 aromatic heterocycles. The maximum absolute atomic E-state index is 9.45. The minimum atomic E-state index is -0.0421. The largest absolute Gasteiger partial charge is 0.508 e. The van der Waals surface area contributed by atoms with Gasteiger partial charge in [-0.2, -0.15) is 0 Å². The summed E-state index contributed by atoms with van der Waals surface area (Å²) in [6, 6.07) is 7.49. The summed E-state index contributed by atoms with van der Waals surface area (Å²) in [5.74, 6) is 1.11. The minimum Gasteiger partial charge on any atom is -0.508 e. The zero-order valence-electron chi connectivity index (χ0n) is 9.60. The van der Waals surface area contributed by atoms with E-state index in [2.05, 4.69) is 10.3 Å². The fourth-order valence-electron chi connectivity index (χ4n) is 2.38. The highest BCUT2D eigenvalue weighted by Crippen LogP contribution is 2.27. The molecule has 1 saturated heterocycles. The summed E-state index contributed by atoms with van der Waals surface area (Å²) in [6.45, 7) is 1.70. The Hall–Kier alpha value is -1.55. The first-order chi connectivity index (χ1) is 8.33. The highest BCUT2D eigenvalue weighted by atomic mass is 16.5. The zero-order chi connectivity index (χ0) is 11.7. The van der Waals surface area contributed by atoms with Crippen molar-refractivity contribution in [1.29, 1.82) is 0 Å². The van der Waals surface area contributed by atoms with Gasteiger partial charge in [0.15, 0.2) is 0 Å². The number of hydrogen-bond donors (Lipinski definition) is 2. The Bertz CT molecular complexity index is 439. The molecule has 0 radical (unpaired) electrons. The van der Waals surface area contributed by atoms with E-state index in [1.165, 1.54) is 6.42 Å². The van der Waals surface area contributed by atoms with Crippen molar-refractivity contribution in [2.75, 3.05) is 13.1 Å². The Balaban J connectivity index is 1.69. The zero-order valence-corrected chi connectivity index (χ0v) is 9.60. The van der Waals surface area contributed by atoms with Crippen molar-refractivity contribution in [3.63, 3.8) is 0 Å². The molecule has 4 heteroatoms. The normalized spacial score (nSPS) is 27.9. The molecule has 4 nitrogen and oxygen atoms in total. The van der Waals surface area contributed by atoms with Crippen LogP contribution in [-0.4, -0.2) is 30.1 Å². The first kappa shape index (κ1) is 10.6. The molecule has 2 heterocycles. The molecule has 2 unspecified atom stereocenters. The van der Waals surface area contributed by atoms with Crippen molar-refractivity contribution in [2.24, 2.45) is 4.99 Å². The Kier molecular flexibility index (Phi) is 2.73. The van der Waals surface area contributed by atoms with Crippen LogP contribution in [0.5, 0.6) is 5.75 Å². The van der Waals surface area contributed by atoms with Crippen LogP contribution in [-0.2, 0) is 4.74 Å². The predicted molar refractivity (Wildman–Crippen MR) is 65.3 cm³/mol. The molecule has 17 heavy (non-hydrogen) atoms. The van der Waals surface area contributed by atoms with E-state index in [1.807, 2.05) is 12.1 Å². The molecule has 0 spiro atoms. The van der Waals surface area contributed by atoms with Crippen LogP contribution in [0, 0.1) is 0 Å². The summed E-state index contributed by atoms with van der Waals surface area (Å²) in [5, 5.41) is 12.8. The second-order valence-corrected chi connectivity index (χ2v) is 4.53. The Morgan fingerprint density at radius 2 is 2.35 bits per heavy atom. The van der Waals surface area contributed by atoms with Gasteiger partial charge in [-0.25, -0.2) is 4.99 Å². The lowest BCUT2D eigenvalue weighted by Gasteiger charge is -2.15. The molecule has 2 N–H and O–H groups in total. The van der Waals surface area contributed by atoms with Gasteiger partial charge in [0.2, 0.25) is 5.90 Å². The van der Waals surface area contributed by atoms with Gasteiger partial charge >= 0.3 is 0 Å². The van der Waals surface area contributed by atoms with Crippen molar-refractivity contribution in [3.05, 3.63) is 29.8 Å². The molecule has 1 aromatic carbocycles. The van der Waals surface area contributed by atoms with Gasteiger partial charge in [-0.15, -0.1) is 0 Å². The first-order valence-corrected chi connectivity index (χ1v) is 6.06. The number of aromatic hydroxyl groups is 1. The van der Waals surface area contributed by atoms with Crippen LogP contribution in [0.4, 0.5) is 0 Å². The lowest BCUT2D eigenvalue weighted by atomic mass is 10.1. The topological polar surface area (TPSA) is 53.9 Å². The lowest BCUT2D eigenvalue weighted by Crippen LogP contribution is -2.31. The van der Waals surface area contributed by atoms with Crippen molar-refractivity contribution >= 4 is 5.90 Å². The van der Waals surface area contributed by atoms with Gasteiger partial charge in [0.05, 0.1) is 12.6 Å². The van der Waals surface area contributed by atoms with Crippen LogP contribution < -0.4 is 5.32 Å². The second kappa shape index (κ2) is 4.37. The summed E-state index contributed by atoms with van der Waals surface area (Å²) in [5.41, 5.74) is 0.988. The average molecular weight is 232 g/mol. The molecule has 3 rings (SSSR count). The molecule has 1 fully saturated rings. The van der Waals surface area contributed by atoms with Crippen LogP contribution in [0.1, 0.15) is 24.5 Å². The van der Waals surface area contributed by atoms with Crippen molar-refractivity contribution in [2.45, 2.75) is 25.0 Å². The number of phenols is 1. The van der Waals surface area contributed by atoms with Gasteiger partial charge in [-0.3, -0.25) is 0 Å². The van der Waals surface area contributed by atoms with Crippen LogP contribution in [0.15, 0.2) is 29.3 Å². The number of ether oxygens (including phenoxy) is 1. The molecular weight excluding hydrogens is 216 g/mol. The minimum absolute atomic E-state index is 0.0421. The van der Waals surface area contributed by atoms with Crippen molar-refractivity contribution in [3.8, 4) is 5.75 Å². The number of nitrogens with zero attached hydrogens (tertiary/aromatic N) is 1. The van der Waals surface area contributed by atoms with E-state index < -0.39 is 0 Å². The molecule has 0 amide bonds. The van der Waals surface area contributed by atoms with Crippen LogP contribution in [0.3, 0.4) is 0 Å². The number of phenolic OH excluding ortho intramolecular Hbond substituents is 1. The third-order valence-electron chi connectivity index (χ3n) is 3.28. The Labute approximate surface area is 100 Å². The fourth-order valence-corrected chi connectivity index (χ4v) is 2.38. The number of benzene rings is 1. The number of nitrogens with one attached hydrogen (secondary N) is 1. The predicted octanol–water partition coefficient (Wildman–Crippen LogP) is 1.61. The highest BCUT2D eigenvalue weighted by Gasteiger charge is 2.29. The molecule has 2 aliphatic heterocycles. The van der Waals surface area contributed by atoms with Gasteiger partial charge in [0, 0.05) is 0 Å². The third kappa shape index (κ3) is 2.13. The number of aliphatic imine (C=N–C) groups is 1. The van der Waals surface area contributed by atoms with Crippen LogP contribution in [0.25, 0.3) is 0 Å². The molecule has 2 aliphatic rings. The smallest absolute Gasteiger partial charge is 0.201 e. The molecule has 1 aromatic rings. The van der Waals surface area contributed by atoms with Crippen molar-refractivity contribution < 1.29 is 9.84 Å². The standard InChI is InChI=1S/C13H16N2O2/c16-10-4-1-3-9(7-10)12-8-15-13(17-12)11-5-2-6-14-11/h1,3-4,7,11-12,14,16H,2,5-6,8H2. The monoisotopic (exact) mass is 232 g/mol. The Morgan fingerprint density at radius 3 is 3.12 bits per heavy atom. The lowest BCUT2D eigenvalue weighted by molar-refractivity contribution is 0.218. The molecular formula is C13H16N2O2. The summed E-state index contributed by atoms with van der Waals surface area (Å²) in [4.78, 5) is 4.46. The van der Waals surface area contributed by atoms with E-state index in [-0.39, 0.29) is 17.9 Å². The fraction of sp³-hybridized carbons (Fsp3) is 0.462. The number of rotatable bonds is 2. The molecule has 0 bridgehead atoms. The summed E-state index contributed by atoms with van der Waals surface area (Å²) in [6.07, 6.45) is 2.25. The summed E-state index contributed by atoms with van der Waals surface area (Å²) >= 11 is 0. The quantitative estimate of drug-likeness (QED) is 0.814. The molecule has 0 saturated carbocycles. The van der Waals surface area contributed by atoms with Gasteiger partial charge in [-0.05, 0) is 37.1 Å².